The fourth-order valence-corrected chi connectivity index (χ4v) is 3.02. The average Bonchev–Trinajstić information content (AvgIpc) is 3.27. The lowest BCUT2D eigenvalue weighted by Gasteiger charge is -2.21. The molecule has 2 N–H and O–H groups in total. The molecule has 24 heavy (non-hydrogen) atoms. The van der Waals surface area contributed by atoms with Crippen molar-refractivity contribution in [1.29, 1.82) is 0 Å². The van der Waals surface area contributed by atoms with Gasteiger partial charge in [0.25, 0.3) is 5.91 Å². The Bertz CT molecular complexity index is 717. The summed E-state index contributed by atoms with van der Waals surface area (Å²) in [6, 6.07) is 5.57. The Balaban J connectivity index is 1.43. The molecule has 2 aliphatic heterocycles. The summed E-state index contributed by atoms with van der Waals surface area (Å²) < 4.78 is 16.7. The molecule has 1 aromatic carbocycles. The highest BCUT2D eigenvalue weighted by Gasteiger charge is 2.32. The highest BCUT2D eigenvalue weighted by molar-refractivity contribution is 5.94. The molecule has 1 fully saturated rings. The quantitative estimate of drug-likeness (QED) is 0.876. The molecule has 4 rings (SSSR count). The molecule has 126 valence electrons. The van der Waals surface area contributed by atoms with Crippen molar-refractivity contribution < 1.29 is 19.0 Å². The number of hydrogen-bond donors (Lipinski definition) is 2. The number of carbonyl (C=O) groups excluding carboxylic acids is 1. The van der Waals surface area contributed by atoms with Crippen molar-refractivity contribution in [3.8, 4) is 5.75 Å². The SMILES string of the molecule is O=C(N[C@H]1COC[C@H]1Oc1cn[nH]c1)c1ccc2c(c1)CCOC2. The van der Waals surface area contributed by atoms with Crippen LogP contribution < -0.4 is 10.1 Å². The van der Waals surface area contributed by atoms with Crippen molar-refractivity contribution in [2.75, 3.05) is 19.8 Å². The number of hydrogen-bond acceptors (Lipinski definition) is 5. The number of aromatic nitrogens is 2. The van der Waals surface area contributed by atoms with Crippen molar-refractivity contribution in [3.05, 3.63) is 47.3 Å². The Morgan fingerprint density at radius 2 is 2.25 bits per heavy atom. The molecule has 0 unspecified atom stereocenters. The number of fused-ring (bicyclic) bond motifs is 1. The summed E-state index contributed by atoms with van der Waals surface area (Å²) in [6.07, 6.45) is 3.89. The van der Waals surface area contributed by atoms with Crippen molar-refractivity contribution in [1.82, 2.24) is 15.5 Å². The van der Waals surface area contributed by atoms with E-state index in [1.54, 1.807) is 12.4 Å². The molecule has 7 nitrogen and oxygen atoms in total. The van der Waals surface area contributed by atoms with Crippen molar-refractivity contribution >= 4 is 5.91 Å². The van der Waals surface area contributed by atoms with E-state index in [0.29, 0.717) is 37.7 Å². The monoisotopic (exact) mass is 329 g/mol. The van der Waals surface area contributed by atoms with Gasteiger partial charge in [-0.1, -0.05) is 6.07 Å². The Morgan fingerprint density at radius 1 is 1.29 bits per heavy atom. The van der Waals surface area contributed by atoms with Crippen LogP contribution in [0.3, 0.4) is 0 Å². The number of nitrogens with one attached hydrogen (secondary N) is 2. The van der Waals surface area contributed by atoms with E-state index in [4.69, 9.17) is 14.2 Å². The lowest BCUT2D eigenvalue weighted by molar-refractivity contribution is 0.0902. The number of carbonyl (C=O) groups is 1. The summed E-state index contributed by atoms with van der Waals surface area (Å²) >= 11 is 0. The second kappa shape index (κ2) is 6.62. The van der Waals surface area contributed by atoms with Gasteiger partial charge in [-0.25, -0.2) is 0 Å². The minimum atomic E-state index is -0.224. The van der Waals surface area contributed by atoms with Crippen LogP contribution >= 0.6 is 0 Å². The first-order chi connectivity index (χ1) is 11.8. The number of benzene rings is 1. The zero-order valence-electron chi connectivity index (χ0n) is 13.2. The normalized spacial score (nSPS) is 22.8. The van der Waals surface area contributed by atoms with Gasteiger partial charge in [-0.3, -0.25) is 9.89 Å². The molecule has 0 spiro atoms. The van der Waals surface area contributed by atoms with Crippen LogP contribution in [0.2, 0.25) is 0 Å². The smallest absolute Gasteiger partial charge is 0.251 e. The third kappa shape index (κ3) is 3.13. The van der Waals surface area contributed by atoms with E-state index in [1.807, 2.05) is 18.2 Å². The third-order valence-corrected chi connectivity index (χ3v) is 4.35. The first kappa shape index (κ1) is 15.2. The largest absolute Gasteiger partial charge is 0.482 e. The minimum absolute atomic E-state index is 0.111. The fourth-order valence-electron chi connectivity index (χ4n) is 3.02. The molecule has 3 heterocycles. The van der Waals surface area contributed by atoms with Crippen molar-refractivity contribution in [3.63, 3.8) is 0 Å². The van der Waals surface area contributed by atoms with Crippen LogP contribution in [-0.2, 0) is 22.5 Å². The molecular weight excluding hydrogens is 310 g/mol. The summed E-state index contributed by atoms with van der Waals surface area (Å²) in [5.74, 6) is 0.527. The molecule has 2 aliphatic rings. The van der Waals surface area contributed by atoms with Gasteiger partial charge >= 0.3 is 0 Å². The molecule has 1 saturated heterocycles. The van der Waals surface area contributed by atoms with Gasteiger partial charge in [0.1, 0.15) is 6.10 Å². The van der Waals surface area contributed by atoms with Crippen LogP contribution in [-0.4, -0.2) is 48.1 Å². The Kier molecular flexibility index (Phi) is 4.18. The van der Waals surface area contributed by atoms with Crippen LogP contribution in [0.4, 0.5) is 0 Å². The summed E-state index contributed by atoms with van der Waals surface area (Å²) in [6.45, 7) is 2.20. The number of aromatic amines is 1. The predicted molar refractivity (Wildman–Crippen MR) is 84.9 cm³/mol. The van der Waals surface area contributed by atoms with Gasteiger partial charge in [0.05, 0.1) is 44.9 Å². The number of rotatable bonds is 4. The molecule has 7 heteroatoms. The Morgan fingerprint density at radius 3 is 3.12 bits per heavy atom. The molecule has 1 amide bonds. The molecule has 2 atom stereocenters. The zero-order valence-corrected chi connectivity index (χ0v) is 13.2. The van der Waals surface area contributed by atoms with Crippen molar-refractivity contribution in [2.24, 2.45) is 0 Å². The van der Waals surface area contributed by atoms with Crippen molar-refractivity contribution in [2.45, 2.75) is 25.2 Å². The maximum Gasteiger partial charge on any atom is 0.251 e. The van der Waals surface area contributed by atoms with Gasteiger partial charge in [-0.15, -0.1) is 0 Å². The van der Waals surface area contributed by atoms with E-state index in [9.17, 15) is 4.79 Å². The third-order valence-electron chi connectivity index (χ3n) is 4.35. The topological polar surface area (TPSA) is 85.5 Å². The first-order valence-corrected chi connectivity index (χ1v) is 8.03. The number of H-pyrrole nitrogens is 1. The maximum absolute atomic E-state index is 12.6. The zero-order chi connectivity index (χ0) is 16.4. The van der Waals surface area contributed by atoms with Crippen LogP contribution in [0.15, 0.2) is 30.6 Å². The average molecular weight is 329 g/mol. The summed E-state index contributed by atoms with van der Waals surface area (Å²) in [7, 11) is 0. The van der Waals surface area contributed by atoms with Crippen LogP contribution in [0.1, 0.15) is 21.5 Å². The van der Waals surface area contributed by atoms with Gasteiger partial charge in [-0.2, -0.15) is 5.10 Å². The summed E-state index contributed by atoms with van der Waals surface area (Å²) in [4.78, 5) is 12.6. The maximum atomic E-state index is 12.6. The van der Waals surface area contributed by atoms with E-state index in [1.165, 1.54) is 5.56 Å². The molecule has 0 bridgehead atoms. The lowest BCUT2D eigenvalue weighted by atomic mass is 10.00. The van der Waals surface area contributed by atoms with Gasteiger partial charge in [0.2, 0.25) is 0 Å². The fraction of sp³-hybridized carbons (Fsp3) is 0.412. The Labute approximate surface area is 139 Å². The summed E-state index contributed by atoms with van der Waals surface area (Å²) in [5.41, 5.74) is 3.00. The van der Waals surface area contributed by atoms with E-state index >= 15 is 0 Å². The van der Waals surface area contributed by atoms with E-state index in [2.05, 4.69) is 15.5 Å². The van der Waals surface area contributed by atoms with Gasteiger partial charge < -0.3 is 19.5 Å². The van der Waals surface area contributed by atoms with Gasteiger partial charge in [0, 0.05) is 5.56 Å². The van der Waals surface area contributed by atoms with E-state index in [-0.39, 0.29) is 18.1 Å². The highest BCUT2D eigenvalue weighted by Crippen LogP contribution is 2.19. The molecule has 0 saturated carbocycles. The molecule has 0 radical (unpaired) electrons. The van der Waals surface area contributed by atoms with Crippen LogP contribution in [0.25, 0.3) is 0 Å². The molecule has 2 aromatic rings. The molecule has 1 aromatic heterocycles. The molecular formula is C17H19N3O4. The number of ether oxygens (including phenoxy) is 3. The molecule has 0 aliphatic carbocycles. The van der Waals surface area contributed by atoms with E-state index < -0.39 is 0 Å². The highest BCUT2D eigenvalue weighted by atomic mass is 16.5. The number of amides is 1. The first-order valence-electron chi connectivity index (χ1n) is 8.03. The van der Waals surface area contributed by atoms with E-state index in [0.717, 1.165) is 12.0 Å². The lowest BCUT2D eigenvalue weighted by Crippen LogP contribution is -2.45. The summed E-state index contributed by atoms with van der Waals surface area (Å²) in [5, 5.41) is 9.56. The standard InChI is InChI=1S/C17H19N3O4/c21-17(12-1-2-13-8-22-4-3-11(13)5-12)20-15-9-23-10-16(15)24-14-6-18-19-7-14/h1-2,5-7,15-16H,3-4,8-10H2,(H,18,19)(H,20,21)/t15-,16+/m0/s1. The number of nitrogens with zero attached hydrogens (tertiary/aromatic N) is 1. The minimum Gasteiger partial charge on any atom is -0.482 e. The predicted octanol–water partition coefficient (Wildman–Crippen LogP) is 1.06. The van der Waals surface area contributed by atoms with Gasteiger partial charge in [0.15, 0.2) is 5.75 Å². The van der Waals surface area contributed by atoms with Crippen LogP contribution in [0.5, 0.6) is 5.75 Å². The van der Waals surface area contributed by atoms with Crippen LogP contribution in [0, 0.1) is 0 Å². The Hall–Kier alpha value is -2.38. The second-order valence-electron chi connectivity index (χ2n) is 5.99. The second-order valence-corrected chi connectivity index (χ2v) is 5.99. The van der Waals surface area contributed by atoms with Gasteiger partial charge in [-0.05, 0) is 29.7 Å².